The summed E-state index contributed by atoms with van der Waals surface area (Å²) in [5.74, 6) is -0.322. The molecule has 1 amide bonds. The van der Waals surface area contributed by atoms with Gasteiger partial charge in [0.25, 0.3) is 5.91 Å². The summed E-state index contributed by atoms with van der Waals surface area (Å²) >= 11 is 0. The lowest BCUT2D eigenvalue weighted by Crippen LogP contribution is -2.21. The van der Waals surface area contributed by atoms with Gasteiger partial charge in [0.1, 0.15) is 16.7 Å². The van der Waals surface area contributed by atoms with Crippen molar-refractivity contribution in [3.05, 3.63) is 66.7 Å². The molecule has 0 atom stereocenters. The number of benzene rings is 2. The van der Waals surface area contributed by atoms with Crippen molar-refractivity contribution in [2.75, 3.05) is 23.3 Å². The van der Waals surface area contributed by atoms with Crippen LogP contribution in [0.4, 0.5) is 11.4 Å². The molecule has 146 valence electrons. The second-order valence-electron chi connectivity index (χ2n) is 6.43. The minimum atomic E-state index is -0.322. The number of anilines is 2. The van der Waals surface area contributed by atoms with Crippen LogP contribution in [-0.2, 0) is 0 Å². The summed E-state index contributed by atoms with van der Waals surface area (Å²) < 4.78 is 0. The Labute approximate surface area is 168 Å². The van der Waals surface area contributed by atoms with E-state index in [9.17, 15) is 4.79 Å². The minimum absolute atomic E-state index is 0.254. The van der Waals surface area contributed by atoms with Crippen LogP contribution in [0, 0.1) is 0 Å². The first kappa shape index (κ1) is 18.5. The fourth-order valence-corrected chi connectivity index (χ4v) is 3.10. The second-order valence-corrected chi connectivity index (χ2v) is 6.43. The molecule has 8 nitrogen and oxygen atoms in total. The Morgan fingerprint density at radius 3 is 2.45 bits per heavy atom. The first-order chi connectivity index (χ1) is 14.2. The summed E-state index contributed by atoms with van der Waals surface area (Å²) in [5.41, 5.74) is 4.36. The van der Waals surface area contributed by atoms with E-state index in [0.717, 1.165) is 24.3 Å². The number of carbonyl (C=O) groups is 1. The van der Waals surface area contributed by atoms with Crippen LogP contribution >= 0.6 is 0 Å². The first-order valence-electron chi connectivity index (χ1n) is 9.47. The van der Waals surface area contributed by atoms with Crippen molar-refractivity contribution >= 4 is 28.3 Å². The molecule has 2 aromatic carbocycles. The van der Waals surface area contributed by atoms with Crippen molar-refractivity contribution in [2.45, 2.75) is 13.8 Å². The highest BCUT2D eigenvalue weighted by atomic mass is 16.1. The van der Waals surface area contributed by atoms with Gasteiger partial charge < -0.3 is 10.2 Å². The topological polar surface area (TPSA) is 88.8 Å². The number of nitrogens with one attached hydrogen (secondary N) is 1. The second kappa shape index (κ2) is 8.05. The summed E-state index contributed by atoms with van der Waals surface area (Å²) in [5, 5.41) is 11.9. The Balaban J connectivity index is 1.56. The van der Waals surface area contributed by atoms with Gasteiger partial charge in [0.2, 0.25) is 0 Å². The van der Waals surface area contributed by atoms with E-state index in [4.69, 9.17) is 0 Å². The van der Waals surface area contributed by atoms with E-state index in [1.54, 1.807) is 16.9 Å². The normalized spacial score (nSPS) is 10.8. The van der Waals surface area contributed by atoms with Gasteiger partial charge in [0.05, 0.1) is 11.9 Å². The molecule has 0 aliphatic rings. The molecule has 0 aliphatic heterocycles. The molecule has 4 aromatic rings. The molecule has 8 heteroatoms. The zero-order valence-corrected chi connectivity index (χ0v) is 16.3. The van der Waals surface area contributed by atoms with Crippen molar-refractivity contribution in [2.24, 2.45) is 0 Å². The number of fused-ring (bicyclic) bond motifs is 1. The lowest BCUT2D eigenvalue weighted by atomic mass is 10.2. The number of amides is 1. The highest BCUT2D eigenvalue weighted by molar-refractivity contribution is 6.03. The third kappa shape index (κ3) is 3.91. The van der Waals surface area contributed by atoms with Crippen LogP contribution in [0.2, 0.25) is 0 Å². The van der Waals surface area contributed by atoms with Crippen molar-refractivity contribution in [1.82, 2.24) is 25.0 Å². The molecule has 0 fully saturated rings. The number of aromatic nitrogens is 5. The van der Waals surface area contributed by atoms with E-state index in [1.165, 1.54) is 24.3 Å². The molecule has 0 saturated carbocycles. The maximum absolute atomic E-state index is 12.3. The molecule has 2 aromatic heterocycles. The number of rotatable bonds is 6. The lowest BCUT2D eigenvalue weighted by molar-refractivity contribution is 0.102. The molecule has 0 unspecified atom stereocenters. The van der Waals surface area contributed by atoms with Crippen molar-refractivity contribution < 1.29 is 4.79 Å². The zero-order valence-electron chi connectivity index (χ0n) is 16.3. The molecule has 4 rings (SSSR count). The summed E-state index contributed by atoms with van der Waals surface area (Å²) in [6.45, 7) is 6.20. The van der Waals surface area contributed by atoms with Gasteiger partial charge in [-0.3, -0.25) is 9.78 Å². The standard InChI is InChI=1S/C21H21N7O/c1-3-27(4-2)16-6-8-17(9-7-16)28-25-18-10-5-15(13-19(18)26-28)24-21(29)20-14-22-11-12-23-20/h5-14H,3-4H2,1-2H3,(H,24,29). The Morgan fingerprint density at radius 1 is 1.00 bits per heavy atom. The van der Waals surface area contributed by atoms with Gasteiger partial charge in [-0.05, 0) is 56.3 Å². The molecular formula is C21H21N7O. The van der Waals surface area contributed by atoms with Gasteiger partial charge in [0, 0.05) is 36.9 Å². The predicted octanol–water partition coefficient (Wildman–Crippen LogP) is 3.31. The largest absolute Gasteiger partial charge is 0.372 e. The lowest BCUT2D eigenvalue weighted by Gasteiger charge is -2.20. The Bertz CT molecular complexity index is 1120. The molecular weight excluding hydrogens is 366 g/mol. The third-order valence-corrected chi connectivity index (χ3v) is 4.64. The van der Waals surface area contributed by atoms with Gasteiger partial charge in [-0.15, -0.1) is 10.2 Å². The Hall–Kier alpha value is -3.81. The van der Waals surface area contributed by atoms with E-state index in [1.807, 2.05) is 18.2 Å². The van der Waals surface area contributed by atoms with E-state index >= 15 is 0 Å². The number of carbonyl (C=O) groups excluding carboxylic acids is 1. The summed E-state index contributed by atoms with van der Waals surface area (Å²) in [6, 6.07) is 13.6. The van der Waals surface area contributed by atoms with Gasteiger partial charge >= 0.3 is 0 Å². The SMILES string of the molecule is CCN(CC)c1ccc(-n2nc3ccc(NC(=O)c4cnccn4)cc3n2)cc1. The third-order valence-electron chi connectivity index (χ3n) is 4.64. The summed E-state index contributed by atoms with van der Waals surface area (Å²) in [4.78, 5) is 24.0. The number of hydrogen-bond acceptors (Lipinski definition) is 6. The van der Waals surface area contributed by atoms with Crippen LogP contribution in [0.1, 0.15) is 24.3 Å². The van der Waals surface area contributed by atoms with Crippen molar-refractivity contribution in [3.8, 4) is 5.69 Å². The molecule has 1 N–H and O–H groups in total. The number of hydrogen-bond donors (Lipinski definition) is 1. The highest BCUT2D eigenvalue weighted by Crippen LogP contribution is 2.20. The van der Waals surface area contributed by atoms with Crippen LogP contribution in [0.3, 0.4) is 0 Å². The fourth-order valence-electron chi connectivity index (χ4n) is 3.10. The highest BCUT2D eigenvalue weighted by Gasteiger charge is 2.10. The van der Waals surface area contributed by atoms with E-state index in [0.29, 0.717) is 11.2 Å². The van der Waals surface area contributed by atoms with Crippen LogP contribution in [0.5, 0.6) is 0 Å². The van der Waals surface area contributed by atoms with Gasteiger partial charge in [-0.25, -0.2) is 4.98 Å². The molecule has 0 aliphatic carbocycles. The van der Waals surface area contributed by atoms with E-state index in [2.05, 4.69) is 56.4 Å². The quantitative estimate of drug-likeness (QED) is 0.546. The first-order valence-corrected chi connectivity index (χ1v) is 9.47. The van der Waals surface area contributed by atoms with Crippen LogP contribution in [0.15, 0.2) is 61.1 Å². The molecule has 2 heterocycles. The van der Waals surface area contributed by atoms with Gasteiger partial charge in [0.15, 0.2) is 0 Å². The molecule has 0 bridgehead atoms. The van der Waals surface area contributed by atoms with Crippen LogP contribution in [0.25, 0.3) is 16.7 Å². The average molecular weight is 387 g/mol. The maximum atomic E-state index is 12.3. The van der Waals surface area contributed by atoms with Gasteiger partial charge in [-0.2, -0.15) is 4.80 Å². The molecule has 0 radical (unpaired) electrons. The van der Waals surface area contributed by atoms with Gasteiger partial charge in [-0.1, -0.05) is 0 Å². The molecule has 0 saturated heterocycles. The summed E-state index contributed by atoms with van der Waals surface area (Å²) in [7, 11) is 0. The number of nitrogens with zero attached hydrogens (tertiary/aromatic N) is 6. The van der Waals surface area contributed by atoms with E-state index < -0.39 is 0 Å². The van der Waals surface area contributed by atoms with Crippen LogP contribution < -0.4 is 10.2 Å². The smallest absolute Gasteiger partial charge is 0.275 e. The van der Waals surface area contributed by atoms with Crippen molar-refractivity contribution in [1.29, 1.82) is 0 Å². The van der Waals surface area contributed by atoms with Crippen LogP contribution in [-0.4, -0.2) is 44.0 Å². The summed E-state index contributed by atoms with van der Waals surface area (Å²) in [6.07, 6.45) is 4.43. The van der Waals surface area contributed by atoms with E-state index in [-0.39, 0.29) is 11.6 Å². The average Bonchev–Trinajstić information content (AvgIpc) is 3.19. The molecule has 0 spiro atoms. The Morgan fingerprint density at radius 2 is 1.76 bits per heavy atom. The monoisotopic (exact) mass is 387 g/mol. The maximum Gasteiger partial charge on any atom is 0.275 e. The zero-order chi connectivity index (χ0) is 20.2. The predicted molar refractivity (Wildman–Crippen MR) is 112 cm³/mol. The molecule has 29 heavy (non-hydrogen) atoms. The Kier molecular flexibility index (Phi) is 5.15. The fraction of sp³-hybridized carbons (Fsp3) is 0.190. The minimum Gasteiger partial charge on any atom is -0.372 e. The van der Waals surface area contributed by atoms with Crippen molar-refractivity contribution in [3.63, 3.8) is 0 Å².